The molecule has 0 bridgehead atoms. The molecule has 0 N–H and O–H groups in total. The van der Waals surface area contributed by atoms with E-state index in [0.29, 0.717) is 18.8 Å². The Morgan fingerprint density at radius 1 is 0.600 bits per heavy atom. The zero-order valence-corrected chi connectivity index (χ0v) is 17.7. The fourth-order valence-corrected chi connectivity index (χ4v) is 3.65. The maximum atomic E-state index is 10.8. The van der Waals surface area contributed by atoms with Crippen molar-refractivity contribution in [3.05, 3.63) is 0 Å². The summed E-state index contributed by atoms with van der Waals surface area (Å²) in [6.45, 7) is 2.11. The predicted molar refractivity (Wildman–Crippen MR) is 109 cm³/mol. The van der Waals surface area contributed by atoms with Crippen LogP contribution in [0.4, 0.5) is 0 Å². The summed E-state index contributed by atoms with van der Waals surface area (Å²) in [5.41, 5.74) is 0. The molecule has 0 rings (SSSR count). The van der Waals surface area contributed by atoms with Crippen LogP contribution in [0.25, 0.3) is 0 Å². The first-order valence-electron chi connectivity index (χ1n) is 10.4. The Kier molecular flexibility index (Phi) is 18.6. The van der Waals surface area contributed by atoms with Crippen molar-refractivity contribution in [1.29, 1.82) is 0 Å². The largest absolute Gasteiger partial charge is 0.281 e. The molecule has 0 amide bonds. The molecule has 1 unspecified atom stereocenters. The number of carbonyl (C=O) groups is 2. The van der Waals surface area contributed by atoms with E-state index in [2.05, 4.69) is 6.92 Å². The molecular formula is C21H38Cl2O2. The van der Waals surface area contributed by atoms with Gasteiger partial charge in [-0.2, -0.15) is 0 Å². The van der Waals surface area contributed by atoms with Gasteiger partial charge in [-0.1, -0.05) is 96.8 Å². The molecule has 0 aliphatic carbocycles. The van der Waals surface area contributed by atoms with E-state index in [-0.39, 0.29) is 10.5 Å². The average molecular weight is 393 g/mol. The highest BCUT2D eigenvalue weighted by atomic mass is 35.5. The lowest BCUT2D eigenvalue weighted by molar-refractivity contribution is -0.113. The van der Waals surface area contributed by atoms with Crippen molar-refractivity contribution in [3.8, 4) is 0 Å². The highest BCUT2D eigenvalue weighted by Crippen LogP contribution is 2.17. The maximum Gasteiger partial charge on any atom is 0.221 e. The van der Waals surface area contributed by atoms with Gasteiger partial charge in [0.1, 0.15) is 0 Å². The molecule has 0 aromatic rings. The molecule has 0 fully saturated rings. The van der Waals surface area contributed by atoms with Crippen molar-refractivity contribution in [1.82, 2.24) is 0 Å². The van der Waals surface area contributed by atoms with Gasteiger partial charge >= 0.3 is 0 Å². The van der Waals surface area contributed by atoms with E-state index in [1.165, 1.54) is 77.0 Å². The van der Waals surface area contributed by atoms with Crippen LogP contribution in [-0.4, -0.2) is 10.5 Å². The molecule has 0 heterocycles. The Bertz CT molecular complexity index is 332. The number of rotatable bonds is 19. The highest BCUT2D eigenvalue weighted by molar-refractivity contribution is 6.63. The molecule has 0 saturated heterocycles. The number of carbonyl (C=O) groups excluding carboxylic acids is 2. The molecule has 4 heteroatoms. The van der Waals surface area contributed by atoms with E-state index < -0.39 is 0 Å². The van der Waals surface area contributed by atoms with Gasteiger partial charge < -0.3 is 0 Å². The van der Waals surface area contributed by atoms with Crippen molar-refractivity contribution in [2.75, 3.05) is 0 Å². The molecule has 0 aliphatic heterocycles. The normalized spacial score (nSPS) is 12.3. The average Bonchev–Trinajstić information content (AvgIpc) is 2.53. The van der Waals surface area contributed by atoms with Gasteiger partial charge in [-0.05, 0) is 35.5 Å². The second-order valence-corrected chi connectivity index (χ2v) is 8.35. The van der Waals surface area contributed by atoms with Crippen LogP contribution < -0.4 is 0 Å². The van der Waals surface area contributed by atoms with Crippen LogP contribution in [0.5, 0.6) is 0 Å². The molecule has 0 saturated carbocycles. The molecule has 148 valence electrons. The standard InChI is InChI=1S/C21H38Cl2O2/c1-19(18-21(23)25)16-14-12-10-8-6-4-2-3-5-7-9-11-13-15-17-20(22)24/h19H,2-18H2,1H3. The summed E-state index contributed by atoms with van der Waals surface area (Å²) < 4.78 is 0. The van der Waals surface area contributed by atoms with Crippen LogP contribution in [0.2, 0.25) is 0 Å². The van der Waals surface area contributed by atoms with Crippen molar-refractivity contribution >= 4 is 33.7 Å². The van der Waals surface area contributed by atoms with Crippen LogP contribution >= 0.6 is 23.2 Å². The molecular weight excluding hydrogens is 355 g/mol. The smallest absolute Gasteiger partial charge is 0.221 e. The van der Waals surface area contributed by atoms with Crippen molar-refractivity contribution in [2.45, 2.75) is 116 Å². The predicted octanol–water partition coefficient (Wildman–Crippen LogP) is 7.79. The van der Waals surface area contributed by atoms with E-state index in [9.17, 15) is 9.59 Å². The van der Waals surface area contributed by atoms with Crippen molar-refractivity contribution in [2.24, 2.45) is 5.92 Å². The number of hydrogen-bond donors (Lipinski definition) is 0. The van der Waals surface area contributed by atoms with Crippen LogP contribution in [0, 0.1) is 5.92 Å². The monoisotopic (exact) mass is 392 g/mol. The maximum absolute atomic E-state index is 10.8. The van der Waals surface area contributed by atoms with Gasteiger partial charge in [0, 0.05) is 12.8 Å². The lowest BCUT2D eigenvalue weighted by Crippen LogP contribution is -1.99. The quantitative estimate of drug-likeness (QED) is 0.166. The van der Waals surface area contributed by atoms with Crippen LogP contribution in [0.3, 0.4) is 0 Å². The van der Waals surface area contributed by atoms with Crippen molar-refractivity contribution < 1.29 is 9.59 Å². The number of unbranched alkanes of at least 4 members (excludes halogenated alkanes) is 13. The van der Waals surface area contributed by atoms with E-state index in [4.69, 9.17) is 23.2 Å². The summed E-state index contributed by atoms with van der Waals surface area (Å²) in [5.74, 6) is 0.438. The molecule has 25 heavy (non-hydrogen) atoms. The first-order valence-corrected chi connectivity index (χ1v) is 11.1. The zero-order valence-electron chi connectivity index (χ0n) is 16.2. The molecule has 0 aromatic heterocycles. The van der Waals surface area contributed by atoms with Gasteiger partial charge in [0.25, 0.3) is 0 Å². The molecule has 2 nitrogen and oxygen atoms in total. The lowest BCUT2D eigenvalue weighted by Gasteiger charge is -2.08. The molecule has 0 aliphatic rings. The minimum absolute atomic E-state index is 0.197. The van der Waals surface area contributed by atoms with Gasteiger partial charge in [0.15, 0.2) is 0 Å². The summed E-state index contributed by atoms with van der Waals surface area (Å²) in [4.78, 5) is 21.4. The van der Waals surface area contributed by atoms with E-state index >= 15 is 0 Å². The zero-order chi connectivity index (χ0) is 18.8. The summed E-state index contributed by atoms with van der Waals surface area (Å²) in [6, 6.07) is 0. The summed E-state index contributed by atoms with van der Waals surface area (Å²) in [5, 5.41) is -0.396. The minimum Gasteiger partial charge on any atom is -0.281 e. The topological polar surface area (TPSA) is 34.1 Å². The summed E-state index contributed by atoms with van der Waals surface area (Å²) in [7, 11) is 0. The van der Waals surface area contributed by atoms with Crippen LogP contribution in [-0.2, 0) is 9.59 Å². The van der Waals surface area contributed by atoms with Crippen LogP contribution in [0.1, 0.15) is 116 Å². The second kappa shape index (κ2) is 18.7. The molecule has 1 atom stereocenters. The molecule has 0 aromatic carbocycles. The van der Waals surface area contributed by atoms with Crippen molar-refractivity contribution in [3.63, 3.8) is 0 Å². The fourth-order valence-electron chi connectivity index (χ4n) is 3.25. The SMILES string of the molecule is CC(CCCCCCCCCCCCCCCCC(=O)Cl)CC(=O)Cl. The van der Waals surface area contributed by atoms with Gasteiger partial charge in [0.05, 0.1) is 0 Å². The first-order chi connectivity index (χ1) is 12.0. The van der Waals surface area contributed by atoms with E-state index in [0.717, 1.165) is 19.3 Å². The minimum atomic E-state index is -0.199. The number of halogens is 2. The summed E-state index contributed by atoms with van der Waals surface area (Å²) in [6.07, 6.45) is 20.1. The Labute approximate surface area is 165 Å². The number of hydrogen-bond acceptors (Lipinski definition) is 2. The Morgan fingerprint density at radius 3 is 1.32 bits per heavy atom. The van der Waals surface area contributed by atoms with Crippen LogP contribution in [0.15, 0.2) is 0 Å². The third kappa shape index (κ3) is 21.9. The first kappa shape index (κ1) is 24.9. The van der Waals surface area contributed by atoms with Gasteiger partial charge in [-0.3, -0.25) is 9.59 Å². The molecule has 0 radical (unpaired) electrons. The third-order valence-electron chi connectivity index (χ3n) is 4.83. The van der Waals surface area contributed by atoms with E-state index in [1.807, 2.05) is 0 Å². The van der Waals surface area contributed by atoms with Gasteiger partial charge in [-0.15, -0.1) is 0 Å². The Balaban J connectivity index is 3.09. The molecule has 0 spiro atoms. The van der Waals surface area contributed by atoms with E-state index in [1.54, 1.807) is 0 Å². The second-order valence-electron chi connectivity index (χ2n) is 7.51. The summed E-state index contributed by atoms with van der Waals surface area (Å²) >= 11 is 10.7. The highest BCUT2D eigenvalue weighted by Gasteiger charge is 2.06. The van der Waals surface area contributed by atoms with Gasteiger partial charge in [0.2, 0.25) is 10.5 Å². The lowest BCUT2D eigenvalue weighted by atomic mass is 9.99. The van der Waals surface area contributed by atoms with Gasteiger partial charge in [-0.25, -0.2) is 0 Å². The Hall–Kier alpha value is -0.0800. The third-order valence-corrected chi connectivity index (χ3v) is 5.17. The fraction of sp³-hybridized carbons (Fsp3) is 0.905. The Morgan fingerprint density at radius 2 is 0.960 bits per heavy atom.